The van der Waals surface area contributed by atoms with Gasteiger partial charge in [-0.15, -0.1) is 6.42 Å². The molecular weight excluding hydrogens is 505 g/mol. The highest BCUT2D eigenvalue weighted by molar-refractivity contribution is 5.81. The predicted molar refractivity (Wildman–Crippen MR) is 139 cm³/mol. The molecule has 2 aromatic heterocycles. The van der Waals surface area contributed by atoms with E-state index < -0.39 is 35.9 Å². The van der Waals surface area contributed by atoms with E-state index >= 15 is 0 Å². The van der Waals surface area contributed by atoms with E-state index in [-0.39, 0.29) is 36.4 Å². The van der Waals surface area contributed by atoms with E-state index in [2.05, 4.69) is 20.9 Å². The maximum atomic E-state index is 13.8. The summed E-state index contributed by atoms with van der Waals surface area (Å²) in [5.41, 5.74) is 5.17. The van der Waals surface area contributed by atoms with E-state index in [1.807, 2.05) is 42.5 Å². The summed E-state index contributed by atoms with van der Waals surface area (Å²) in [6, 6.07) is 21.0. The lowest BCUT2D eigenvalue weighted by atomic mass is 9.98. The molecule has 0 saturated carbocycles. The number of nitrogen functional groups attached to an aromatic ring is 1. The van der Waals surface area contributed by atoms with Crippen molar-refractivity contribution in [3.63, 3.8) is 0 Å². The standard InChI is InChI=1S/C22H20FN5O5.C6H6/c1-3-22(11-31-13(2)29)15(32-17(30)9-14-7-5-4-6-8-14)10-16(33-22)28-12-25-18-19(24)26-21(23)27-20(18)28;1-2-4-6-5-3-1/h1,4-8,12,15-16H,9-11H2,2H3,(H2,24,26,27);1-6H. The second kappa shape index (κ2) is 12.1. The van der Waals surface area contributed by atoms with Gasteiger partial charge in [0, 0.05) is 13.3 Å². The Hall–Kier alpha value is -4.82. The van der Waals surface area contributed by atoms with E-state index in [9.17, 15) is 14.0 Å². The molecular formula is C28H26FN5O5. The van der Waals surface area contributed by atoms with Crippen molar-refractivity contribution in [3.8, 4) is 12.3 Å². The van der Waals surface area contributed by atoms with Gasteiger partial charge in [0.15, 0.2) is 17.0 Å². The molecule has 5 rings (SSSR count). The fraction of sp³-hybridized carbons (Fsp3) is 0.250. The minimum absolute atomic E-state index is 0.0131. The largest absolute Gasteiger partial charge is 0.462 e. The lowest BCUT2D eigenvalue weighted by Crippen LogP contribution is -2.45. The van der Waals surface area contributed by atoms with Gasteiger partial charge in [-0.1, -0.05) is 72.7 Å². The number of imidazole rings is 1. The zero-order chi connectivity index (χ0) is 27.8. The number of benzene rings is 2. The van der Waals surface area contributed by atoms with Gasteiger partial charge in [-0.25, -0.2) is 4.98 Å². The highest BCUT2D eigenvalue weighted by Crippen LogP contribution is 2.40. The average Bonchev–Trinajstić information content (AvgIpc) is 3.51. The molecule has 0 amide bonds. The molecule has 11 heteroatoms. The summed E-state index contributed by atoms with van der Waals surface area (Å²) in [4.78, 5) is 35.4. The highest BCUT2D eigenvalue weighted by atomic mass is 19.1. The van der Waals surface area contributed by atoms with Crippen LogP contribution in [0.1, 0.15) is 25.1 Å². The first-order valence-corrected chi connectivity index (χ1v) is 12.0. The third-order valence-electron chi connectivity index (χ3n) is 5.88. The predicted octanol–water partition coefficient (Wildman–Crippen LogP) is 3.24. The molecule has 2 N–H and O–H groups in total. The Labute approximate surface area is 223 Å². The number of nitrogens with zero attached hydrogens (tertiary/aromatic N) is 4. The van der Waals surface area contributed by atoms with Crippen molar-refractivity contribution >= 4 is 28.9 Å². The maximum Gasteiger partial charge on any atom is 0.312 e. The van der Waals surface area contributed by atoms with Crippen LogP contribution in [0.5, 0.6) is 0 Å². The highest BCUT2D eigenvalue weighted by Gasteiger charge is 2.52. The summed E-state index contributed by atoms with van der Waals surface area (Å²) >= 11 is 0. The van der Waals surface area contributed by atoms with Gasteiger partial charge in [-0.2, -0.15) is 14.4 Å². The molecule has 0 radical (unpaired) electrons. The molecule has 1 fully saturated rings. The summed E-state index contributed by atoms with van der Waals surface area (Å²) < 4.78 is 32.0. The molecule has 3 heterocycles. The number of fused-ring (bicyclic) bond motifs is 1. The summed E-state index contributed by atoms with van der Waals surface area (Å²) in [5.74, 6) is 1.22. The van der Waals surface area contributed by atoms with Crippen molar-refractivity contribution < 1.29 is 28.2 Å². The molecule has 200 valence electrons. The SMILES string of the molecule is C#CC1(COC(C)=O)OC(n2cnc3c(N)nc(F)nc32)CC1OC(=O)Cc1ccccc1.c1ccccc1. The van der Waals surface area contributed by atoms with E-state index in [1.165, 1.54) is 17.8 Å². The van der Waals surface area contributed by atoms with E-state index in [0.29, 0.717) is 0 Å². The van der Waals surface area contributed by atoms with Gasteiger partial charge in [0.1, 0.15) is 18.9 Å². The molecule has 1 aliphatic rings. The van der Waals surface area contributed by atoms with Gasteiger partial charge in [-0.3, -0.25) is 14.2 Å². The molecule has 1 aliphatic heterocycles. The lowest BCUT2D eigenvalue weighted by Gasteiger charge is -2.28. The Morgan fingerprint density at radius 1 is 1.15 bits per heavy atom. The minimum Gasteiger partial charge on any atom is -0.462 e. The number of rotatable bonds is 6. The van der Waals surface area contributed by atoms with E-state index in [0.717, 1.165) is 5.56 Å². The van der Waals surface area contributed by atoms with Crippen molar-refractivity contribution in [2.75, 3.05) is 12.3 Å². The number of esters is 2. The third kappa shape index (κ3) is 6.55. The van der Waals surface area contributed by atoms with Crippen LogP contribution in [0, 0.1) is 18.4 Å². The van der Waals surface area contributed by atoms with Crippen molar-refractivity contribution in [2.24, 2.45) is 0 Å². The Morgan fingerprint density at radius 2 is 1.79 bits per heavy atom. The van der Waals surface area contributed by atoms with Crippen LogP contribution in [-0.2, 0) is 30.2 Å². The van der Waals surface area contributed by atoms with Crippen LogP contribution in [0.15, 0.2) is 73.1 Å². The monoisotopic (exact) mass is 531 g/mol. The second-order valence-corrected chi connectivity index (χ2v) is 8.62. The van der Waals surface area contributed by atoms with Gasteiger partial charge in [-0.05, 0) is 5.56 Å². The van der Waals surface area contributed by atoms with Crippen LogP contribution >= 0.6 is 0 Å². The van der Waals surface area contributed by atoms with Crippen LogP contribution in [-0.4, -0.2) is 49.8 Å². The quantitative estimate of drug-likeness (QED) is 0.226. The van der Waals surface area contributed by atoms with Crippen LogP contribution in [0.2, 0.25) is 0 Å². The van der Waals surface area contributed by atoms with E-state index in [1.54, 1.807) is 24.3 Å². The normalized spacial score (nSPS) is 19.9. The van der Waals surface area contributed by atoms with Crippen LogP contribution in [0.25, 0.3) is 11.2 Å². The molecule has 3 atom stereocenters. The van der Waals surface area contributed by atoms with Crippen LogP contribution in [0.3, 0.4) is 0 Å². The number of carbonyl (C=O) groups excluding carboxylic acids is 2. The summed E-state index contributed by atoms with van der Waals surface area (Å²) in [7, 11) is 0. The van der Waals surface area contributed by atoms with Gasteiger partial charge >= 0.3 is 18.0 Å². The first-order chi connectivity index (χ1) is 18.8. The van der Waals surface area contributed by atoms with Gasteiger partial charge in [0.2, 0.25) is 5.60 Å². The summed E-state index contributed by atoms with van der Waals surface area (Å²) in [6.07, 6.45) is 4.34. The number of nitrogens with two attached hydrogens (primary N) is 1. The lowest BCUT2D eigenvalue weighted by molar-refractivity contribution is -0.165. The minimum atomic E-state index is -1.57. The number of hydrogen-bond acceptors (Lipinski definition) is 9. The maximum absolute atomic E-state index is 13.8. The molecule has 10 nitrogen and oxygen atoms in total. The van der Waals surface area contributed by atoms with Crippen molar-refractivity contribution in [3.05, 3.63) is 84.7 Å². The number of anilines is 1. The first kappa shape index (κ1) is 27.2. The Balaban J connectivity index is 0.000000519. The van der Waals surface area contributed by atoms with Gasteiger partial charge in [0.05, 0.1) is 12.7 Å². The second-order valence-electron chi connectivity index (χ2n) is 8.62. The molecule has 0 spiro atoms. The summed E-state index contributed by atoms with van der Waals surface area (Å²) in [6.45, 7) is 0.871. The first-order valence-electron chi connectivity index (χ1n) is 12.0. The number of halogens is 1. The zero-order valence-electron chi connectivity index (χ0n) is 21.1. The molecule has 39 heavy (non-hydrogen) atoms. The molecule has 3 unspecified atom stereocenters. The third-order valence-corrected chi connectivity index (χ3v) is 5.88. The zero-order valence-corrected chi connectivity index (χ0v) is 21.1. The number of carbonyl (C=O) groups is 2. The molecule has 2 aromatic carbocycles. The van der Waals surface area contributed by atoms with Crippen molar-refractivity contribution in [1.29, 1.82) is 0 Å². The Kier molecular flexibility index (Phi) is 8.48. The molecule has 1 saturated heterocycles. The van der Waals surface area contributed by atoms with Crippen molar-refractivity contribution in [2.45, 2.75) is 37.7 Å². The fourth-order valence-corrected chi connectivity index (χ4v) is 4.03. The van der Waals surface area contributed by atoms with Gasteiger partial charge < -0.3 is 19.9 Å². The topological polar surface area (TPSA) is 131 Å². The van der Waals surface area contributed by atoms with E-state index in [4.69, 9.17) is 26.4 Å². The molecule has 0 bridgehead atoms. The van der Waals surface area contributed by atoms with Crippen LogP contribution < -0.4 is 5.73 Å². The Bertz CT molecular complexity index is 1450. The smallest absolute Gasteiger partial charge is 0.312 e. The number of hydrogen-bond donors (Lipinski definition) is 1. The summed E-state index contributed by atoms with van der Waals surface area (Å²) in [5, 5.41) is 0. The average molecular weight is 532 g/mol. The van der Waals surface area contributed by atoms with Crippen LogP contribution in [0.4, 0.5) is 10.2 Å². The number of aromatic nitrogens is 4. The number of ether oxygens (including phenoxy) is 3. The number of terminal acetylenes is 1. The van der Waals surface area contributed by atoms with Crippen molar-refractivity contribution in [1.82, 2.24) is 19.5 Å². The fourth-order valence-electron chi connectivity index (χ4n) is 4.03. The Morgan fingerprint density at radius 3 is 2.41 bits per heavy atom. The molecule has 0 aliphatic carbocycles. The van der Waals surface area contributed by atoms with Gasteiger partial charge in [0.25, 0.3) is 0 Å². The molecule has 4 aromatic rings.